The van der Waals surface area contributed by atoms with E-state index in [0.29, 0.717) is 5.56 Å². The Hall–Kier alpha value is -2.17. The molecular formula is C14H16N4O. The van der Waals surface area contributed by atoms with Crippen molar-refractivity contribution >= 4 is 5.91 Å². The highest BCUT2D eigenvalue weighted by Crippen LogP contribution is 2.31. The molecule has 98 valence electrons. The fourth-order valence-electron chi connectivity index (χ4n) is 2.55. The van der Waals surface area contributed by atoms with Gasteiger partial charge in [-0.05, 0) is 38.0 Å². The maximum Gasteiger partial charge on any atom is 0.255 e. The molecule has 0 aliphatic carbocycles. The molecule has 5 heteroatoms. The highest BCUT2D eigenvalue weighted by atomic mass is 16.2. The second-order valence-electron chi connectivity index (χ2n) is 4.86. The average molecular weight is 256 g/mol. The minimum absolute atomic E-state index is 0.0459. The second-order valence-corrected chi connectivity index (χ2v) is 4.86. The van der Waals surface area contributed by atoms with Gasteiger partial charge < -0.3 is 4.90 Å². The van der Waals surface area contributed by atoms with Gasteiger partial charge in [-0.2, -0.15) is 5.10 Å². The van der Waals surface area contributed by atoms with E-state index in [9.17, 15) is 4.79 Å². The number of carbonyl (C=O) groups excluding carboxylic acids is 1. The van der Waals surface area contributed by atoms with Crippen molar-refractivity contribution in [2.75, 3.05) is 6.54 Å². The van der Waals surface area contributed by atoms with Gasteiger partial charge in [-0.15, -0.1) is 0 Å². The van der Waals surface area contributed by atoms with Crippen LogP contribution in [-0.4, -0.2) is 32.5 Å². The summed E-state index contributed by atoms with van der Waals surface area (Å²) in [6.07, 6.45) is 5.38. The van der Waals surface area contributed by atoms with Crippen LogP contribution < -0.4 is 0 Å². The highest BCUT2D eigenvalue weighted by Gasteiger charge is 2.31. The van der Waals surface area contributed by atoms with Gasteiger partial charge in [-0.3, -0.25) is 14.9 Å². The quantitative estimate of drug-likeness (QED) is 0.895. The number of rotatable bonds is 2. The van der Waals surface area contributed by atoms with Gasteiger partial charge in [0.15, 0.2) is 0 Å². The molecule has 1 fully saturated rings. The molecule has 1 saturated heterocycles. The second kappa shape index (κ2) is 4.84. The number of hydrogen-bond acceptors (Lipinski definition) is 3. The number of amides is 1. The number of carbonyl (C=O) groups is 1. The smallest absolute Gasteiger partial charge is 0.255 e. The maximum absolute atomic E-state index is 12.5. The number of aryl methyl sites for hydroxylation is 1. The van der Waals surface area contributed by atoms with Crippen molar-refractivity contribution in [3.8, 4) is 0 Å². The Bertz CT molecular complexity index is 562. The Labute approximate surface area is 111 Å². The summed E-state index contributed by atoms with van der Waals surface area (Å²) in [5.74, 6) is 0.0459. The van der Waals surface area contributed by atoms with E-state index in [1.54, 1.807) is 12.4 Å². The molecular weight excluding hydrogens is 240 g/mol. The maximum atomic E-state index is 12.5. The van der Waals surface area contributed by atoms with Crippen LogP contribution in [0.5, 0.6) is 0 Å². The summed E-state index contributed by atoms with van der Waals surface area (Å²) in [6.45, 7) is 2.70. The summed E-state index contributed by atoms with van der Waals surface area (Å²) in [7, 11) is 0. The first-order valence-electron chi connectivity index (χ1n) is 6.48. The summed E-state index contributed by atoms with van der Waals surface area (Å²) >= 11 is 0. The Kier molecular flexibility index (Phi) is 3.03. The van der Waals surface area contributed by atoms with Gasteiger partial charge >= 0.3 is 0 Å². The summed E-state index contributed by atoms with van der Waals surface area (Å²) < 4.78 is 0. The van der Waals surface area contributed by atoms with Gasteiger partial charge in [0, 0.05) is 24.6 Å². The zero-order valence-electron chi connectivity index (χ0n) is 10.8. The molecule has 1 atom stereocenters. The molecule has 1 aliphatic heterocycles. The van der Waals surface area contributed by atoms with Crippen LogP contribution in [0.2, 0.25) is 0 Å². The lowest BCUT2D eigenvalue weighted by Gasteiger charge is -2.23. The van der Waals surface area contributed by atoms with Crippen molar-refractivity contribution in [1.29, 1.82) is 0 Å². The van der Waals surface area contributed by atoms with Gasteiger partial charge in [-0.1, -0.05) is 0 Å². The van der Waals surface area contributed by atoms with Gasteiger partial charge in [0.25, 0.3) is 5.91 Å². The summed E-state index contributed by atoms with van der Waals surface area (Å²) in [6, 6.07) is 5.75. The predicted molar refractivity (Wildman–Crippen MR) is 70.6 cm³/mol. The fraction of sp³-hybridized carbons (Fsp3) is 0.357. The van der Waals surface area contributed by atoms with Crippen LogP contribution in [0.1, 0.15) is 40.6 Å². The molecule has 0 spiro atoms. The minimum Gasteiger partial charge on any atom is -0.330 e. The fourth-order valence-corrected chi connectivity index (χ4v) is 2.55. The van der Waals surface area contributed by atoms with Crippen molar-refractivity contribution in [3.05, 3.63) is 47.5 Å². The summed E-state index contributed by atoms with van der Waals surface area (Å²) in [4.78, 5) is 18.6. The van der Waals surface area contributed by atoms with Gasteiger partial charge in [0.05, 0.1) is 17.3 Å². The number of aromatic nitrogens is 3. The van der Waals surface area contributed by atoms with Crippen LogP contribution in [0.25, 0.3) is 0 Å². The number of likely N-dealkylation sites (tertiary alicyclic amines) is 1. The average Bonchev–Trinajstić information content (AvgIpc) is 3.09. The van der Waals surface area contributed by atoms with E-state index in [1.807, 2.05) is 30.0 Å². The third-order valence-corrected chi connectivity index (χ3v) is 3.55. The number of nitrogens with zero attached hydrogens (tertiary/aromatic N) is 3. The van der Waals surface area contributed by atoms with Crippen molar-refractivity contribution < 1.29 is 4.79 Å². The van der Waals surface area contributed by atoms with Crippen LogP contribution in [-0.2, 0) is 0 Å². The Morgan fingerprint density at radius 3 is 3.00 bits per heavy atom. The molecule has 0 bridgehead atoms. The molecule has 3 heterocycles. The zero-order chi connectivity index (χ0) is 13.2. The van der Waals surface area contributed by atoms with E-state index in [1.165, 1.54) is 0 Å². The molecule has 0 saturated carbocycles. The largest absolute Gasteiger partial charge is 0.330 e. The lowest BCUT2D eigenvalue weighted by atomic mass is 10.1. The highest BCUT2D eigenvalue weighted by molar-refractivity contribution is 5.94. The van der Waals surface area contributed by atoms with Crippen LogP contribution in [0.3, 0.4) is 0 Å². The SMILES string of the molecule is Cc1ccc(C(=O)N2CCC[C@@H]2c2ccn[nH]2)cn1. The molecule has 2 aromatic heterocycles. The molecule has 0 aromatic carbocycles. The monoisotopic (exact) mass is 256 g/mol. The molecule has 19 heavy (non-hydrogen) atoms. The molecule has 2 aromatic rings. The van der Waals surface area contributed by atoms with Crippen molar-refractivity contribution in [3.63, 3.8) is 0 Å². The summed E-state index contributed by atoms with van der Waals surface area (Å²) in [5, 5.41) is 6.93. The Morgan fingerprint density at radius 2 is 2.32 bits per heavy atom. The topological polar surface area (TPSA) is 61.9 Å². The van der Waals surface area contributed by atoms with E-state index in [4.69, 9.17) is 0 Å². The standard InChI is InChI=1S/C14H16N4O/c1-10-4-5-11(9-15-10)14(19)18-8-2-3-13(18)12-6-7-16-17-12/h4-7,9,13H,2-3,8H2,1H3,(H,16,17)/t13-/m1/s1. The van der Waals surface area contributed by atoms with E-state index in [-0.39, 0.29) is 11.9 Å². The van der Waals surface area contributed by atoms with Crippen molar-refractivity contribution in [1.82, 2.24) is 20.1 Å². The van der Waals surface area contributed by atoms with Gasteiger partial charge in [-0.25, -0.2) is 0 Å². The van der Waals surface area contributed by atoms with Crippen LogP contribution in [0, 0.1) is 6.92 Å². The molecule has 3 rings (SSSR count). The minimum atomic E-state index is 0.0459. The van der Waals surface area contributed by atoms with E-state index in [0.717, 1.165) is 30.8 Å². The van der Waals surface area contributed by atoms with Crippen LogP contribution in [0.15, 0.2) is 30.6 Å². The number of pyridine rings is 1. The molecule has 0 radical (unpaired) electrons. The van der Waals surface area contributed by atoms with E-state index in [2.05, 4.69) is 15.2 Å². The van der Waals surface area contributed by atoms with E-state index < -0.39 is 0 Å². The van der Waals surface area contributed by atoms with Crippen molar-refractivity contribution in [2.24, 2.45) is 0 Å². The van der Waals surface area contributed by atoms with Crippen LogP contribution in [0.4, 0.5) is 0 Å². The molecule has 0 unspecified atom stereocenters. The normalized spacial score (nSPS) is 18.8. The van der Waals surface area contributed by atoms with Gasteiger partial charge in [0.1, 0.15) is 0 Å². The van der Waals surface area contributed by atoms with Crippen LogP contribution >= 0.6 is 0 Å². The third kappa shape index (κ3) is 2.23. The van der Waals surface area contributed by atoms with E-state index >= 15 is 0 Å². The first kappa shape index (κ1) is 11.9. The zero-order valence-corrected chi connectivity index (χ0v) is 10.8. The Balaban J connectivity index is 1.84. The van der Waals surface area contributed by atoms with Gasteiger partial charge in [0.2, 0.25) is 0 Å². The summed E-state index contributed by atoms with van der Waals surface area (Å²) in [5.41, 5.74) is 2.58. The lowest BCUT2D eigenvalue weighted by Crippen LogP contribution is -2.30. The number of aromatic amines is 1. The Morgan fingerprint density at radius 1 is 1.42 bits per heavy atom. The molecule has 1 N–H and O–H groups in total. The number of nitrogens with one attached hydrogen (secondary N) is 1. The molecule has 1 aliphatic rings. The third-order valence-electron chi connectivity index (χ3n) is 3.55. The first-order valence-corrected chi connectivity index (χ1v) is 6.48. The molecule has 5 nitrogen and oxygen atoms in total. The first-order chi connectivity index (χ1) is 9.25. The number of hydrogen-bond donors (Lipinski definition) is 1. The lowest BCUT2D eigenvalue weighted by molar-refractivity contribution is 0.0732. The van der Waals surface area contributed by atoms with Crippen molar-refractivity contribution in [2.45, 2.75) is 25.8 Å². The number of H-pyrrole nitrogens is 1. The predicted octanol–water partition coefficient (Wildman–Crippen LogP) is 2.09. The molecule has 1 amide bonds.